The highest BCUT2D eigenvalue weighted by molar-refractivity contribution is 7.22. The number of fused-ring (bicyclic) bond motifs is 2. The zero-order valence-electron chi connectivity index (χ0n) is 18.7. The lowest BCUT2D eigenvalue weighted by molar-refractivity contribution is 0.0983. The van der Waals surface area contributed by atoms with Crippen molar-refractivity contribution in [3.63, 3.8) is 0 Å². The van der Waals surface area contributed by atoms with E-state index in [2.05, 4.69) is 4.90 Å². The Kier molecular flexibility index (Phi) is 6.65. The zero-order chi connectivity index (χ0) is 22.8. The molecule has 0 N–H and O–H groups in total. The van der Waals surface area contributed by atoms with Gasteiger partial charge < -0.3 is 9.64 Å². The van der Waals surface area contributed by atoms with Gasteiger partial charge in [-0.05, 0) is 74.6 Å². The lowest BCUT2D eigenvalue weighted by Gasteiger charge is -2.22. The third-order valence-electron chi connectivity index (χ3n) is 5.40. The molecule has 4 aromatic rings. The molecule has 0 saturated heterocycles. The Morgan fingerprint density at radius 2 is 1.81 bits per heavy atom. The molecule has 0 spiro atoms. The van der Waals surface area contributed by atoms with Gasteiger partial charge >= 0.3 is 0 Å². The fourth-order valence-electron chi connectivity index (χ4n) is 3.79. The van der Waals surface area contributed by atoms with Crippen LogP contribution in [0.4, 0.5) is 5.13 Å². The molecular weight excluding hydrogens is 442 g/mol. The summed E-state index contributed by atoms with van der Waals surface area (Å²) in [4.78, 5) is 22.6. The van der Waals surface area contributed by atoms with Gasteiger partial charge in [-0.1, -0.05) is 47.2 Å². The number of aryl methyl sites for hydroxylation is 1. The molecule has 0 aliphatic heterocycles. The number of anilines is 1. The molecule has 0 radical (unpaired) electrons. The van der Waals surface area contributed by atoms with Crippen LogP contribution in [-0.2, 0) is 0 Å². The second kappa shape index (κ2) is 9.45. The minimum atomic E-state index is -0.117. The third-order valence-corrected chi connectivity index (χ3v) is 6.64. The Morgan fingerprint density at radius 1 is 1.09 bits per heavy atom. The molecule has 0 atom stereocenters. The highest BCUT2D eigenvalue weighted by Crippen LogP contribution is 2.35. The first-order valence-corrected chi connectivity index (χ1v) is 11.7. The highest BCUT2D eigenvalue weighted by Gasteiger charge is 2.25. The summed E-state index contributed by atoms with van der Waals surface area (Å²) in [5, 5.41) is 3.37. The van der Waals surface area contributed by atoms with E-state index in [4.69, 9.17) is 21.3 Å². The number of thiazole rings is 1. The number of carbonyl (C=O) groups is 1. The predicted molar refractivity (Wildman–Crippen MR) is 135 cm³/mol. The van der Waals surface area contributed by atoms with Crippen molar-refractivity contribution in [1.82, 2.24) is 9.88 Å². The van der Waals surface area contributed by atoms with Crippen LogP contribution < -0.4 is 9.64 Å². The Balaban J connectivity index is 1.79. The smallest absolute Gasteiger partial charge is 0.263 e. The summed E-state index contributed by atoms with van der Waals surface area (Å²) in [5.41, 5.74) is 2.41. The van der Waals surface area contributed by atoms with Crippen molar-refractivity contribution in [3.8, 4) is 5.75 Å². The van der Waals surface area contributed by atoms with Gasteiger partial charge in [0.15, 0.2) is 5.13 Å². The molecule has 0 aliphatic rings. The van der Waals surface area contributed by atoms with Gasteiger partial charge in [0, 0.05) is 11.6 Å². The summed E-state index contributed by atoms with van der Waals surface area (Å²) in [6.45, 7) is 3.41. The number of ether oxygens (including phenoxy) is 1. The maximum atomic E-state index is 13.8. The second-order valence-corrected chi connectivity index (χ2v) is 9.52. The highest BCUT2D eigenvalue weighted by atomic mass is 35.5. The molecule has 7 heteroatoms. The quantitative estimate of drug-likeness (QED) is 0.333. The first kappa shape index (κ1) is 22.5. The molecule has 0 bridgehead atoms. The number of methoxy groups -OCH3 is 1. The summed E-state index contributed by atoms with van der Waals surface area (Å²) in [6, 6.07) is 15.6. The summed E-state index contributed by atoms with van der Waals surface area (Å²) in [5.74, 6) is 0.445. The van der Waals surface area contributed by atoms with Crippen LogP contribution in [0.2, 0.25) is 5.02 Å². The number of rotatable bonds is 7. The van der Waals surface area contributed by atoms with Gasteiger partial charge in [0.25, 0.3) is 5.91 Å². The van der Waals surface area contributed by atoms with Crippen LogP contribution in [0.3, 0.4) is 0 Å². The Labute approximate surface area is 197 Å². The molecule has 0 aliphatic carbocycles. The van der Waals surface area contributed by atoms with E-state index in [0.717, 1.165) is 39.5 Å². The van der Waals surface area contributed by atoms with Crippen LogP contribution in [0.25, 0.3) is 21.0 Å². The molecule has 3 aromatic carbocycles. The number of aromatic nitrogens is 1. The maximum absolute atomic E-state index is 13.8. The fourth-order valence-corrected chi connectivity index (χ4v) is 5.23. The number of amides is 1. The van der Waals surface area contributed by atoms with Crippen molar-refractivity contribution in [2.75, 3.05) is 39.2 Å². The van der Waals surface area contributed by atoms with Crippen molar-refractivity contribution in [2.24, 2.45) is 0 Å². The largest absolute Gasteiger partial charge is 0.496 e. The molecule has 0 saturated carbocycles. The molecule has 32 heavy (non-hydrogen) atoms. The van der Waals surface area contributed by atoms with E-state index >= 15 is 0 Å². The van der Waals surface area contributed by atoms with Crippen molar-refractivity contribution in [2.45, 2.75) is 13.3 Å². The molecule has 1 amide bonds. The van der Waals surface area contributed by atoms with Gasteiger partial charge in [-0.3, -0.25) is 9.69 Å². The normalized spacial score (nSPS) is 11.4. The standard InChI is InChI=1S/C25H26ClN3O2S/c1-16-12-19(26)15-22-23(16)27-25(32-22)29(11-7-10-28(2)3)24(30)20-13-17-8-5-6-9-18(17)14-21(20)31-4/h5-6,8-9,12-15H,7,10-11H2,1-4H3. The van der Waals surface area contributed by atoms with Crippen molar-refractivity contribution in [3.05, 3.63) is 64.7 Å². The van der Waals surface area contributed by atoms with E-state index in [9.17, 15) is 4.79 Å². The monoisotopic (exact) mass is 467 g/mol. The molecule has 0 unspecified atom stereocenters. The van der Waals surface area contributed by atoms with E-state index in [1.165, 1.54) is 11.3 Å². The number of hydrogen-bond donors (Lipinski definition) is 0. The van der Waals surface area contributed by atoms with E-state index in [1.807, 2.05) is 69.6 Å². The number of carbonyl (C=O) groups excluding carboxylic acids is 1. The zero-order valence-corrected chi connectivity index (χ0v) is 20.3. The van der Waals surface area contributed by atoms with Gasteiger partial charge in [-0.25, -0.2) is 4.98 Å². The van der Waals surface area contributed by atoms with Gasteiger partial charge in [-0.15, -0.1) is 0 Å². The van der Waals surface area contributed by atoms with Crippen LogP contribution in [0.1, 0.15) is 22.3 Å². The lowest BCUT2D eigenvalue weighted by atomic mass is 10.0. The van der Waals surface area contributed by atoms with Gasteiger partial charge in [0.05, 0.1) is 22.9 Å². The van der Waals surface area contributed by atoms with Crippen LogP contribution in [0, 0.1) is 6.92 Å². The Hall–Kier alpha value is -2.67. The molecule has 1 aromatic heterocycles. The predicted octanol–water partition coefficient (Wildman–Crippen LogP) is 6.02. The first-order valence-electron chi connectivity index (χ1n) is 10.5. The van der Waals surface area contributed by atoms with Crippen molar-refractivity contribution in [1.29, 1.82) is 0 Å². The van der Waals surface area contributed by atoms with Gasteiger partial charge in [-0.2, -0.15) is 0 Å². The minimum absolute atomic E-state index is 0.117. The summed E-state index contributed by atoms with van der Waals surface area (Å²) < 4.78 is 6.58. The molecule has 5 nitrogen and oxygen atoms in total. The molecule has 166 valence electrons. The maximum Gasteiger partial charge on any atom is 0.263 e. The number of benzene rings is 3. The average molecular weight is 468 g/mol. The van der Waals surface area contributed by atoms with Crippen molar-refractivity contribution < 1.29 is 9.53 Å². The first-order chi connectivity index (χ1) is 15.4. The Morgan fingerprint density at radius 3 is 2.50 bits per heavy atom. The molecule has 4 rings (SSSR count). The van der Waals surface area contributed by atoms with Crippen LogP contribution in [0.5, 0.6) is 5.75 Å². The summed E-state index contributed by atoms with van der Waals surface area (Å²) >= 11 is 7.75. The second-order valence-electron chi connectivity index (χ2n) is 8.08. The Bertz CT molecular complexity index is 1290. The number of halogens is 1. The summed E-state index contributed by atoms with van der Waals surface area (Å²) in [6.07, 6.45) is 0.824. The topological polar surface area (TPSA) is 45.7 Å². The fraction of sp³-hybridized carbons (Fsp3) is 0.280. The van der Waals surface area contributed by atoms with E-state index in [1.54, 1.807) is 12.0 Å². The van der Waals surface area contributed by atoms with Gasteiger partial charge in [0.1, 0.15) is 5.75 Å². The van der Waals surface area contributed by atoms with E-state index in [0.29, 0.717) is 28.0 Å². The number of nitrogens with zero attached hydrogens (tertiary/aromatic N) is 3. The molecule has 0 fully saturated rings. The van der Waals surface area contributed by atoms with E-state index in [-0.39, 0.29) is 5.91 Å². The van der Waals surface area contributed by atoms with Crippen LogP contribution in [-0.4, -0.2) is 50.1 Å². The minimum Gasteiger partial charge on any atom is -0.496 e. The number of hydrogen-bond acceptors (Lipinski definition) is 5. The molecular formula is C25H26ClN3O2S. The average Bonchev–Trinajstić information content (AvgIpc) is 3.19. The van der Waals surface area contributed by atoms with Crippen molar-refractivity contribution >= 4 is 55.0 Å². The summed E-state index contributed by atoms with van der Waals surface area (Å²) in [7, 11) is 5.66. The SMILES string of the molecule is COc1cc2ccccc2cc1C(=O)N(CCCN(C)C)c1nc2c(C)cc(Cl)cc2s1. The molecule has 1 heterocycles. The van der Waals surface area contributed by atoms with E-state index < -0.39 is 0 Å². The third kappa shape index (κ3) is 4.58. The van der Waals surface area contributed by atoms with Crippen LogP contribution >= 0.6 is 22.9 Å². The van der Waals surface area contributed by atoms with Crippen LogP contribution in [0.15, 0.2) is 48.5 Å². The van der Waals surface area contributed by atoms with Gasteiger partial charge in [0.2, 0.25) is 0 Å². The lowest BCUT2D eigenvalue weighted by Crippen LogP contribution is -2.33.